The van der Waals surface area contributed by atoms with Gasteiger partial charge < -0.3 is 14.0 Å². The van der Waals surface area contributed by atoms with Gasteiger partial charge in [0.1, 0.15) is 0 Å². The van der Waals surface area contributed by atoms with E-state index in [0.717, 1.165) is 0 Å². The molecular weight excluding hydrogens is 262 g/mol. The van der Waals surface area contributed by atoms with Crippen LogP contribution in [0.2, 0.25) is 0 Å². The first kappa shape index (κ1) is 13.8. The normalized spacial score (nSPS) is 11.4. The molecule has 0 radical (unpaired) electrons. The molecule has 20 heavy (non-hydrogen) atoms. The lowest BCUT2D eigenvalue weighted by atomic mass is 10.1. The lowest BCUT2D eigenvalue weighted by molar-refractivity contribution is -0.140. The number of ether oxygens (including phenoxy) is 1. The van der Waals surface area contributed by atoms with Crippen molar-refractivity contribution in [2.24, 2.45) is 5.16 Å². The second kappa shape index (κ2) is 5.56. The highest BCUT2D eigenvalue weighted by molar-refractivity contribution is 6.00. The number of rotatable bonds is 3. The van der Waals surface area contributed by atoms with E-state index in [4.69, 9.17) is 9.15 Å². The number of fused-ring (bicyclic) bond motifs is 1. The average Bonchev–Trinajstić information content (AvgIpc) is 2.43. The fourth-order valence-corrected chi connectivity index (χ4v) is 1.71. The van der Waals surface area contributed by atoms with Crippen molar-refractivity contribution in [3.63, 3.8) is 0 Å². The molecule has 0 aliphatic heterocycles. The first-order valence-corrected chi connectivity index (χ1v) is 5.86. The number of hydrogen-bond donors (Lipinski definition) is 0. The lowest BCUT2D eigenvalue weighted by Crippen LogP contribution is -2.13. The minimum absolute atomic E-state index is 0.229. The van der Waals surface area contributed by atoms with Gasteiger partial charge in [-0.2, -0.15) is 0 Å². The summed E-state index contributed by atoms with van der Waals surface area (Å²) in [6.45, 7) is 2.78. The maximum atomic E-state index is 11.9. The molecule has 6 nitrogen and oxygen atoms in total. The number of hydrogen-bond acceptors (Lipinski definition) is 6. The summed E-state index contributed by atoms with van der Waals surface area (Å²) in [5, 5.41) is 4.27. The molecule has 0 spiro atoms. The van der Waals surface area contributed by atoms with Gasteiger partial charge in [0.05, 0.1) is 18.4 Å². The maximum absolute atomic E-state index is 11.9. The van der Waals surface area contributed by atoms with Gasteiger partial charge in [-0.1, -0.05) is 17.3 Å². The highest BCUT2D eigenvalue weighted by Gasteiger charge is 2.11. The van der Waals surface area contributed by atoms with Gasteiger partial charge in [-0.25, -0.2) is 9.59 Å². The number of oxime groups is 1. The second-order valence-corrected chi connectivity index (χ2v) is 4.09. The number of benzene rings is 1. The van der Waals surface area contributed by atoms with Crippen molar-refractivity contribution >= 4 is 22.7 Å². The van der Waals surface area contributed by atoms with Gasteiger partial charge in [-0.05, 0) is 19.1 Å². The summed E-state index contributed by atoms with van der Waals surface area (Å²) >= 11 is 0. The molecule has 0 fully saturated rings. The Bertz CT molecular complexity index is 745. The van der Waals surface area contributed by atoms with E-state index in [0.29, 0.717) is 16.7 Å². The summed E-state index contributed by atoms with van der Waals surface area (Å²) in [5.74, 6) is -0.0862. The molecule has 0 aliphatic carbocycles. The van der Waals surface area contributed by atoms with Crippen molar-refractivity contribution in [2.45, 2.75) is 13.8 Å². The largest absolute Gasteiger partial charge is 0.493 e. The van der Waals surface area contributed by atoms with Crippen molar-refractivity contribution in [3.8, 4) is 5.75 Å². The minimum Gasteiger partial charge on any atom is -0.493 e. The Kier molecular flexibility index (Phi) is 3.84. The standard InChI is InChI=1S/C14H13NO5/c1-8(15-20-9(2)16)11-7-10-5-4-6-12(18-3)13(10)19-14(11)17/h4-7H,1-3H3/b15-8+. The van der Waals surface area contributed by atoms with E-state index < -0.39 is 11.6 Å². The zero-order chi connectivity index (χ0) is 14.7. The molecule has 2 aromatic rings. The first-order chi connectivity index (χ1) is 9.52. The third-order valence-corrected chi connectivity index (χ3v) is 2.64. The average molecular weight is 275 g/mol. The molecule has 0 saturated carbocycles. The predicted octanol–water partition coefficient (Wildman–Crippen LogP) is 2.09. The fraction of sp³-hybridized carbons (Fsp3) is 0.214. The van der Waals surface area contributed by atoms with E-state index in [1.54, 1.807) is 31.2 Å². The van der Waals surface area contributed by atoms with E-state index in [-0.39, 0.29) is 11.3 Å². The molecule has 2 rings (SSSR count). The molecule has 6 heteroatoms. The van der Waals surface area contributed by atoms with Crippen LogP contribution in [0.1, 0.15) is 19.4 Å². The third kappa shape index (κ3) is 2.69. The highest BCUT2D eigenvalue weighted by atomic mass is 16.7. The minimum atomic E-state index is -0.574. The van der Waals surface area contributed by atoms with Crippen LogP contribution in [0.3, 0.4) is 0 Å². The Morgan fingerprint density at radius 1 is 1.30 bits per heavy atom. The Labute approximate surface area is 114 Å². The molecule has 0 bridgehead atoms. The zero-order valence-corrected chi connectivity index (χ0v) is 11.3. The van der Waals surface area contributed by atoms with Crippen LogP contribution in [0.4, 0.5) is 0 Å². The first-order valence-electron chi connectivity index (χ1n) is 5.86. The zero-order valence-electron chi connectivity index (χ0n) is 11.3. The second-order valence-electron chi connectivity index (χ2n) is 4.09. The molecular formula is C14H13NO5. The number of nitrogens with zero attached hydrogens (tertiary/aromatic N) is 1. The van der Waals surface area contributed by atoms with Gasteiger partial charge in [0, 0.05) is 12.3 Å². The van der Waals surface area contributed by atoms with Gasteiger partial charge in [0.25, 0.3) is 0 Å². The van der Waals surface area contributed by atoms with E-state index in [1.165, 1.54) is 14.0 Å². The number of para-hydroxylation sites is 1. The van der Waals surface area contributed by atoms with Gasteiger partial charge in [0.2, 0.25) is 0 Å². The summed E-state index contributed by atoms with van der Waals surface area (Å²) in [6, 6.07) is 6.88. The van der Waals surface area contributed by atoms with Crippen molar-refractivity contribution in [1.82, 2.24) is 0 Å². The van der Waals surface area contributed by atoms with Gasteiger partial charge >= 0.3 is 11.6 Å². The van der Waals surface area contributed by atoms with Gasteiger partial charge in [-0.3, -0.25) is 0 Å². The smallest absolute Gasteiger partial charge is 0.345 e. The van der Waals surface area contributed by atoms with Crippen LogP contribution in [0.15, 0.2) is 38.6 Å². The van der Waals surface area contributed by atoms with Crippen LogP contribution < -0.4 is 10.4 Å². The molecule has 0 atom stereocenters. The Morgan fingerprint density at radius 3 is 2.70 bits per heavy atom. The predicted molar refractivity (Wildman–Crippen MR) is 73.0 cm³/mol. The van der Waals surface area contributed by atoms with Crippen molar-refractivity contribution in [2.75, 3.05) is 7.11 Å². The number of carbonyl (C=O) groups excluding carboxylic acids is 1. The topological polar surface area (TPSA) is 78.1 Å². The molecule has 0 unspecified atom stereocenters. The summed E-state index contributed by atoms with van der Waals surface area (Å²) in [7, 11) is 1.50. The summed E-state index contributed by atoms with van der Waals surface area (Å²) in [5.41, 5.74) is 0.283. The Morgan fingerprint density at radius 2 is 2.05 bits per heavy atom. The van der Waals surface area contributed by atoms with Crippen LogP contribution >= 0.6 is 0 Å². The van der Waals surface area contributed by atoms with Gasteiger partial charge in [0.15, 0.2) is 11.3 Å². The molecule has 0 aliphatic rings. The van der Waals surface area contributed by atoms with E-state index >= 15 is 0 Å². The molecule has 104 valence electrons. The Hall–Kier alpha value is -2.63. The highest BCUT2D eigenvalue weighted by Crippen LogP contribution is 2.24. The lowest BCUT2D eigenvalue weighted by Gasteiger charge is -2.05. The summed E-state index contributed by atoms with van der Waals surface area (Å²) in [4.78, 5) is 27.2. The third-order valence-electron chi connectivity index (χ3n) is 2.64. The van der Waals surface area contributed by atoms with Gasteiger partial charge in [-0.15, -0.1) is 0 Å². The van der Waals surface area contributed by atoms with E-state index in [1.807, 2.05) is 0 Å². The molecule has 1 aromatic heterocycles. The van der Waals surface area contributed by atoms with Crippen molar-refractivity contribution < 1.29 is 18.8 Å². The van der Waals surface area contributed by atoms with Crippen LogP contribution in [0.5, 0.6) is 5.75 Å². The van der Waals surface area contributed by atoms with Crippen molar-refractivity contribution in [1.29, 1.82) is 0 Å². The van der Waals surface area contributed by atoms with Crippen LogP contribution in [0.25, 0.3) is 11.0 Å². The van der Waals surface area contributed by atoms with Crippen LogP contribution in [-0.4, -0.2) is 18.8 Å². The molecule has 0 N–H and O–H groups in total. The Balaban J connectivity index is 2.57. The molecule has 0 amide bonds. The SMILES string of the molecule is COc1cccc2cc(/C(C)=N/OC(C)=O)c(=O)oc12. The molecule has 1 aromatic carbocycles. The summed E-state index contributed by atoms with van der Waals surface area (Å²) < 4.78 is 10.4. The van der Waals surface area contributed by atoms with Crippen LogP contribution in [0, 0.1) is 0 Å². The maximum Gasteiger partial charge on any atom is 0.345 e. The van der Waals surface area contributed by atoms with Crippen LogP contribution in [-0.2, 0) is 9.63 Å². The number of carbonyl (C=O) groups is 1. The quantitative estimate of drug-likeness (QED) is 0.371. The summed E-state index contributed by atoms with van der Waals surface area (Å²) in [6.07, 6.45) is 0. The van der Waals surface area contributed by atoms with E-state index in [9.17, 15) is 9.59 Å². The fourth-order valence-electron chi connectivity index (χ4n) is 1.71. The molecule has 0 saturated heterocycles. The molecule has 1 heterocycles. The number of methoxy groups -OCH3 is 1. The van der Waals surface area contributed by atoms with Crippen molar-refractivity contribution in [3.05, 3.63) is 40.2 Å². The van der Waals surface area contributed by atoms with E-state index in [2.05, 4.69) is 9.99 Å². The monoisotopic (exact) mass is 275 g/mol.